The van der Waals surface area contributed by atoms with Gasteiger partial charge in [-0.2, -0.15) is 0 Å². The van der Waals surface area contributed by atoms with Crippen LogP contribution in [0.3, 0.4) is 0 Å². The number of halogens is 2. The molecular weight excluding hydrogens is 396 g/mol. The molecule has 164 valence electrons. The number of likely N-dealkylation sites (tertiary alicyclic amines) is 1. The van der Waals surface area contributed by atoms with E-state index in [0.717, 1.165) is 37.1 Å². The first kappa shape index (κ1) is 21.5. The number of alkyl halides is 1. The highest BCUT2D eigenvalue weighted by Crippen LogP contribution is 2.54. The number of hydrogen-bond acceptors (Lipinski definition) is 5. The molecule has 3 atom stereocenters. The molecule has 1 saturated heterocycles. The maximum absolute atomic E-state index is 14.6. The van der Waals surface area contributed by atoms with Crippen LogP contribution in [0.1, 0.15) is 50.4 Å². The van der Waals surface area contributed by atoms with Crippen molar-refractivity contribution in [2.75, 3.05) is 13.1 Å². The normalized spacial score (nSPS) is 27.9. The van der Waals surface area contributed by atoms with Crippen LogP contribution in [0.5, 0.6) is 0 Å². The van der Waals surface area contributed by atoms with Crippen molar-refractivity contribution < 1.29 is 8.78 Å². The van der Waals surface area contributed by atoms with Crippen LogP contribution in [-0.4, -0.2) is 47.1 Å². The fourth-order valence-electron chi connectivity index (χ4n) is 4.48. The molecule has 1 aromatic rings. The molecule has 2 heterocycles. The van der Waals surface area contributed by atoms with E-state index in [-0.39, 0.29) is 23.7 Å². The summed E-state index contributed by atoms with van der Waals surface area (Å²) in [6, 6.07) is 0. The maximum atomic E-state index is 14.6. The molecule has 3 unspecified atom stereocenters. The molecule has 1 saturated carbocycles. The molecule has 31 heavy (non-hydrogen) atoms. The van der Waals surface area contributed by atoms with Crippen molar-refractivity contribution in [1.29, 1.82) is 0 Å². The topological polar surface area (TPSA) is 53.7 Å². The lowest BCUT2D eigenvalue weighted by Gasteiger charge is -2.28. The van der Waals surface area contributed by atoms with E-state index in [1.165, 1.54) is 0 Å². The lowest BCUT2D eigenvalue weighted by Crippen LogP contribution is -2.26. The van der Waals surface area contributed by atoms with E-state index in [2.05, 4.69) is 40.5 Å². The average Bonchev–Trinajstić information content (AvgIpc) is 3.46. The summed E-state index contributed by atoms with van der Waals surface area (Å²) >= 11 is 0. The van der Waals surface area contributed by atoms with Crippen LogP contribution in [0.2, 0.25) is 0 Å². The predicted octanol–water partition coefficient (Wildman–Crippen LogP) is 4.95. The maximum Gasteiger partial charge on any atom is 0.158 e. The van der Waals surface area contributed by atoms with Crippen molar-refractivity contribution in [3.63, 3.8) is 0 Å². The Morgan fingerprint density at radius 3 is 2.74 bits per heavy atom. The largest absolute Gasteiger partial charge is 0.369 e. The van der Waals surface area contributed by atoms with Crippen molar-refractivity contribution in [2.45, 2.75) is 51.7 Å². The van der Waals surface area contributed by atoms with E-state index in [9.17, 15) is 8.78 Å². The molecule has 1 aliphatic heterocycles. The van der Waals surface area contributed by atoms with Crippen LogP contribution in [0.15, 0.2) is 57.8 Å². The molecule has 4 rings (SSSR count). The zero-order valence-corrected chi connectivity index (χ0v) is 18.1. The fraction of sp³-hybridized carbons (Fsp3) is 0.500. The monoisotopic (exact) mass is 425 g/mol. The van der Waals surface area contributed by atoms with Crippen molar-refractivity contribution in [2.24, 2.45) is 21.3 Å². The molecule has 0 bridgehead atoms. The van der Waals surface area contributed by atoms with Gasteiger partial charge in [0.05, 0.1) is 12.2 Å². The van der Waals surface area contributed by atoms with Gasteiger partial charge in [0.15, 0.2) is 12.0 Å². The van der Waals surface area contributed by atoms with Gasteiger partial charge < -0.3 is 4.90 Å². The minimum Gasteiger partial charge on any atom is -0.369 e. The van der Waals surface area contributed by atoms with Crippen LogP contribution in [0.25, 0.3) is 0 Å². The SMILES string of the molecule is C=N/C=C\C=N/Cc1ncc(C2CC2C2=CC(N3CCC(C)(C)C3)=C(F)C(F)C2)cn1. The number of nitrogens with zero attached hydrogens (tertiary/aromatic N) is 5. The van der Waals surface area contributed by atoms with Gasteiger partial charge in [0, 0.05) is 44.3 Å². The molecular formula is C24H29F2N5. The number of aliphatic imine (C=N–C) groups is 2. The summed E-state index contributed by atoms with van der Waals surface area (Å²) in [5.41, 5.74) is 2.64. The average molecular weight is 426 g/mol. The molecule has 0 aromatic carbocycles. The minimum atomic E-state index is -1.54. The van der Waals surface area contributed by atoms with Gasteiger partial charge in [-0.1, -0.05) is 19.4 Å². The molecule has 2 aliphatic carbocycles. The molecule has 0 N–H and O–H groups in total. The summed E-state index contributed by atoms with van der Waals surface area (Å²) in [5.74, 6) is 0.545. The van der Waals surface area contributed by atoms with E-state index < -0.39 is 12.0 Å². The number of aromatic nitrogens is 2. The first-order valence-corrected chi connectivity index (χ1v) is 10.8. The van der Waals surface area contributed by atoms with Crippen LogP contribution in [0, 0.1) is 11.3 Å². The Kier molecular flexibility index (Phi) is 6.12. The lowest BCUT2D eigenvalue weighted by atomic mass is 9.92. The van der Waals surface area contributed by atoms with Crippen LogP contribution < -0.4 is 0 Å². The van der Waals surface area contributed by atoms with Gasteiger partial charge in [0.25, 0.3) is 0 Å². The Hall–Kier alpha value is -2.70. The molecule has 0 spiro atoms. The van der Waals surface area contributed by atoms with E-state index >= 15 is 0 Å². The first-order chi connectivity index (χ1) is 14.9. The van der Waals surface area contributed by atoms with Gasteiger partial charge >= 0.3 is 0 Å². The van der Waals surface area contributed by atoms with Gasteiger partial charge in [-0.05, 0) is 54.5 Å². The van der Waals surface area contributed by atoms with E-state index in [1.54, 1.807) is 18.5 Å². The Balaban J connectivity index is 1.41. The van der Waals surface area contributed by atoms with Gasteiger partial charge in [-0.15, -0.1) is 0 Å². The molecule has 2 fully saturated rings. The second-order valence-corrected chi connectivity index (χ2v) is 9.36. The van der Waals surface area contributed by atoms with Gasteiger partial charge in [-0.3, -0.25) is 9.98 Å². The summed E-state index contributed by atoms with van der Waals surface area (Å²) in [7, 11) is 0. The van der Waals surface area contributed by atoms with Crippen molar-refractivity contribution in [3.05, 3.63) is 59.2 Å². The number of hydrogen-bond donors (Lipinski definition) is 0. The zero-order chi connectivity index (χ0) is 22.0. The zero-order valence-electron chi connectivity index (χ0n) is 18.1. The number of rotatable bonds is 7. The highest BCUT2D eigenvalue weighted by Gasteiger charge is 2.44. The third-order valence-electron chi connectivity index (χ3n) is 6.31. The Labute approximate surface area is 182 Å². The summed E-state index contributed by atoms with van der Waals surface area (Å²) in [6.07, 6.45) is 11.0. The van der Waals surface area contributed by atoms with Gasteiger partial charge in [-0.25, -0.2) is 18.7 Å². The van der Waals surface area contributed by atoms with Crippen LogP contribution in [-0.2, 0) is 6.54 Å². The molecule has 1 aromatic heterocycles. The summed E-state index contributed by atoms with van der Waals surface area (Å²) in [4.78, 5) is 18.6. The first-order valence-electron chi connectivity index (χ1n) is 10.8. The van der Waals surface area contributed by atoms with Crippen molar-refractivity contribution in [3.8, 4) is 0 Å². The van der Waals surface area contributed by atoms with Gasteiger partial charge in [0.1, 0.15) is 5.82 Å². The Morgan fingerprint density at radius 2 is 2.06 bits per heavy atom. The molecule has 0 radical (unpaired) electrons. The van der Waals surface area contributed by atoms with Gasteiger partial charge in [0.2, 0.25) is 0 Å². The summed E-state index contributed by atoms with van der Waals surface area (Å²) < 4.78 is 29.1. The quantitative estimate of drug-likeness (QED) is 0.581. The third kappa shape index (κ3) is 4.97. The molecule has 0 amide bonds. The van der Waals surface area contributed by atoms with E-state index in [4.69, 9.17) is 0 Å². The molecule has 5 nitrogen and oxygen atoms in total. The predicted molar refractivity (Wildman–Crippen MR) is 119 cm³/mol. The highest BCUT2D eigenvalue weighted by molar-refractivity contribution is 5.70. The van der Waals surface area contributed by atoms with Crippen molar-refractivity contribution >= 4 is 12.9 Å². The second kappa shape index (κ2) is 8.81. The number of allylic oxidation sites excluding steroid dienone is 4. The second-order valence-electron chi connectivity index (χ2n) is 9.36. The van der Waals surface area contributed by atoms with E-state index in [0.29, 0.717) is 18.1 Å². The standard InChI is InChI=1S/C24H29F2N5/c1-24(2)5-8-31(15-24)21-10-16(9-20(25)23(21)26)18-11-19(18)17-12-29-22(30-13-17)14-28-7-4-6-27-3/h4,6-7,10,12-13,18-20H,3,5,8-9,11,14-15H2,1-2H3/b6-4-,28-7-. The molecule has 7 heteroatoms. The summed E-state index contributed by atoms with van der Waals surface area (Å²) in [6.45, 7) is 9.63. The Morgan fingerprint density at radius 1 is 1.29 bits per heavy atom. The smallest absolute Gasteiger partial charge is 0.158 e. The molecule has 3 aliphatic rings. The van der Waals surface area contributed by atoms with Crippen LogP contribution in [0.4, 0.5) is 8.78 Å². The Bertz CT molecular complexity index is 945. The van der Waals surface area contributed by atoms with Crippen molar-refractivity contribution in [1.82, 2.24) is 14.9 Å². The third-order valence-corrected chi connectivity index (χ3v) is 6.31. The van der Waals surface area contributed by atoms with Crippen LogP contribution >= 0.6 is 0 Å². The van der Waals surface area contributed by atoms with E-state index in [1.807, 2.05) is 23.4 Å². The summed E-state index contributed by atoms with van der Waals surface area (Å²) in [5, 5.41) is 0. The minimum absolute atomic E-state index is 0.134. The lowest BCUT2D eigenvalue weighted by molar-refractivity contribution is 0.282. The highest BCUT2D eigenvalue weighted by atomic mass is 19.2. The fourth-order valence-corrected chi connectivity index (χ4v) is 4.48.